The Morgan fingerprint density at radius 3 is 2.64 bits per heavy atom. The van der Waals surface area contributed by atoms with Crippen molar-refractivity contribution in [2.75, 3.05) is 6.54 Å². The third-order valence-corrected chi connectivity index (χ3v) is 5.35. The number of hydrogen-bond donors (Lipinski definition) is 0. The zero-order chi connectivity index (χ0) is 16.0. The minimum atomic E-state index is -3.78. The molecule has 2 aromatic rings. The van der Waals surface area contributed by atoms with Crippen LogP contribution in [0.3, 0.4) is 0 Å². The van der Waals surface area contributed by atoms with Crippen LogP contribution in [0.4, 0.5) is 0 Å². The molecule has 1 aromatic heterocycles. The first kappa shape index (κ1) is 16.4. The largest absolute Gasteiger partial charge is 0.264 e. The summed E-state index contributed by atoms with van der Waals surface area (Å²) in [6, 6.07) is 11.8. The van der Waals surface area contributed by atoms with E-state index in [2.05, 4.69) is 4.98 Å². The molecule has 0 atom stereocenters. The predicted octanol–water partition coefficient (Wildman–Crippen LogP) is 2.84. The van der Waals surface area contributed by atoms with E-state index in [1.54, 1.807) is 36.7 Å². The summed E-state index contributed by atoms with van der Waals surface area (Å²) in [5.41, 5.74) is 0.746. The van der Waals surface area contributed by atoms with Crippen LogP contribution in [0.15, 0.2) is 53.7 Å². The molecule has 0 saturated heterocycles. The number of benzene rings is 1. The molecule has 0 N–H and O–H groups in total. The zero-order valence-electron chi connectivity index (χ0n) is 11.7. The van der Waals surface area contributed by atoms with Crippen LogP contribution < -0.4 is 0 Å². The smallest absolute Gasteiger partial charge is 0.244 e. The van der Waals surface area contributed by atoms with Gasteiger partial charge in [-0.2, -0.15) is 9.57 Å². The number of rotatable bonds is 6. The lowest BCUT2D eigenvalue weighted by molar-refractivity contribution is 0.413. The second-order valence-electron chi connectivity index (χ2n) is 4.54. The van der Waals surface area contributed by atoms with Gasteiger partial charge >= 0.3 is 0 Å². The Kier molecular flexibility index (Phi) is 5.50. The van der Waals surface area contributed by atoms with Crippen molar-refractivity contribution < 1.29 is 8.42 Å². The molecule has 0 unspecified atom stereocenters. The molecule has 0 saturated carbocycles. The van der Waals surface area contributed by atoms with Gasteiger partial charge in [0.2, 0.25) is 10.0 Å². The Morgan fingerprint density at radius 1 is 1.23 bits per heavy atom. The van der Waals surface area contributed by atoms with Crippen molar-refractivity contribution in [2.24, 2.45) is 0 Å². The summed E-state index contributed by atoms with van der Waals surface area (Å²) in [4.78, 5) is 4.02. The van der Waals surface area contributed by atoms with Gasteiger partial charge in [-0.25, -0.2) is 8.42 Å². The number of nitrogens with zero attached hydrogens (tertiary/aromatic N) is 3. The van der Waals surface area contributed by atoms with Gasteiger partial charge in [-0.3, -0.25) is 4.98 Å². The van der Waals surface area contributed by atoms with Crippen molar-refractivity contribution in [3.8, 4) is 6.07 Å². The lowest BCUT2D eigenvalue weighted by atomic mass is 10.3. The lowest BCUT2D eigenvalue weighted by Crippen LogP contribution is -2.31. The first-order chi connectivity index (χ1) is 10.6. The third kappa shape index (κ3) is 3.83. The number of nitriles is 1. The maximum absolute atomic E-state index is 12.8. The number of sulfonamides is 1. The summed E-state index contributed by atoms with van der Waals surface area (Å²) < 4.78 is 26.8. The molecule has 0 amide bonds. The van der Waals surface area contributed by atoms with Crippen LogP contribution in [0.1, 0.15) is 12.0 Å². The molecule has 7 heteroatoms. The van der Waals surface area contributed by atoms with E-state index in [0.29, 0.717) is 0 Å². The van der Waals surface area contributed by atoms with E-state index in [9.17, 15) is 8.42 Å². The van der Waals surface area contributed by atoms with Crippen molar-refractivity contribution >= 4 is 21.6 Å². The van der Waals surface area contributed by atoms with Gasteiger partial charge < -0.3 is 0 Å². The molecule has 0 aliphatic rings. The standard InChI is InChI=1S/C15H14ClN3O2S/c16-14-6-1-2-7-15(14)22(20,21)19(10-4-8-17)12-13-5-3-9-18-11-13/h1-3,5-7,9,11H,4,10,12H2. The molecule has 1 aromatic carbocycles. The van der Waals surface area contributed by atoms with Gasteiger partial charge in [-0.05, 0) is 23.8 Å². The van der Waals surface area contributed by atoms with Crippen LogP contribution in [0.2, 0.25) is 5.02 Å². The maximum atomic E-state index is 12.8. The molecule has 1 heterocycles. The number of pyridine rings is 1. The van der Waals surface area contributed by atoms with Gasteiger partial charge in [-0.15, -0.1) is 0 Å². The van der Waals surface area contributed by atoms with Crippen LogP contribution in [-0.2, 0) is 16.6 Å². The fourth-order valence-corrected chi connectivity index (χ4v) is 3.87. The fraction of sp³-hybridized carbons (Fsp3) is 0.200. The molecular formula is C15H14ClN3O2S. The van der Waals surface area contributed by atoms with Crippen molar-refractivity contribution in [3.05, 3.63) is 59.4 Å². The van der Waals surface area contributed by atoms with Gasteiger partial charge in [0.15, 0.2) is 0 Å². The highest BCUT2D eigenvalue weighted by Crippen LogP contribution is 2.25. The Balaban J connectivity index is 2.36. The Hall–Kier alpha value is -1.94. The van der Waals surface area contributed by atoms with E-state index < -0.39 is 10.0 Å². The third-order valence-electron chi connectivity index (χ3n) is 3.01. The Morgan fingerprint density at radius 2 is 2.00 bits per heavy atom. The summed E-state index contributed by atoms with van der Waals surface area (Å²) in [5.74, 6) is 0. The monoisotopic (exact) mass is 335 g/mol. The van der Waals surface area contributed by atoms with E-state index in [-0.39, 0.29) is 29.4 Å². The zero-order valence-corrected chi connectivity index (χ0v) is 13.3. The molecule has 5 nitrogen and oxygen atoms in total. The van der Waals surface area contributed by atoms with E-state index in [4.69, 9.17) is 16.9 Å². The van der Waals surface area contributed by atoms with E-state index in [1.165, 1.54) is 16.4 Å². The normalized spacial score (nSPS) is 11.3. The van der Waals surface area contributed by atoms with Crippen molar-refractivity contribution in [1.82, 2.24) is 9.29 Å². The van der Waals surface area contributed by atoms with Gasteiger partial charge in [0.1, 0.15) is 4.90 Å². The molecule has 2 rings (SSSR count). The summed E-state index contributed by atoms with van der Waals surface area (Å²) in [5, 5.41) is 8.92. The van der Waals surface area contributed by atoms with Gasteiger partial charge in [-0.1, -0.05) is 29.8 Å². The lowest BCUT2D eigenvalue weighted by Gasteiger charge is -2.21. The van der Waals surface area contributed by atoms with E-state index >= 15 is 0 Å². The Labute approximate surface area is 134 Å². The molecule has 22 heavy (non-hydrogen) atoms. The molecule has 0 aliphatic heterocycles. The van der Waals surface area contributed by atoms with Crippen LogP contribution >= 0.6 is 11.6 Å². The van der Waals surface area contributed by atoms with E-state index in [1.807, 2.05) is 6.07 Å². The highest BCUT2D eigenvalue weighted by atomic mass is 35.5. The number of aromatic nitrogens is 1. The van der Waals surface area contributed by atoms with Crippen LogP contribution in [-0.4, -0.2) is 24.3 Å². The average Bonchev–Trinajstić information content (AvgIpc) is 2.52. The molecule has 114 valence electrons. The summed E-state index contributed by atoms with van der Waals surface area (Å²) in [6.07, 6.45) is 3.32. The summed E-state index contributed by atoms with van der Waals surface area (Å²) in [6.45, 7) is 0.238. The molecule has 0 spiro atoms. The number of hydrogen-bond acceptors (Lipinski definition) is 4. The second-order valence-corrected chi connectivity index (χ2v) is 6.85. The summed E-state index contributed by atoms with van der Waals surface area (Å²) in [7, 11) is -3.78. The first-order valence-electron chi connectivity index (χ1n) is 6.56. The van der Waals surface area contributed by atoms with Crippen LogP contribution in [0, 0.1) is 11.3 Å². The van der Waals surface area contributed by atoms with E-state index in [0.717, 1.165) is 5.56 Å². The average molecular weight is 336 g/mol. The van der Waals surface area contributed by atoms with Gasteiger partial charge in [0.25, 0.3) is 0 Å². The second kappa shape index (κ2) is 7.36. The highest BCUT2D eigenvalue weighted by molar-refractivity contribution is 7.89. The number of halogens is 1. The molecule has 0 bridgehead atoms. The predicted molar refractivity (Wildman–Crippen MR) is 83.5 cm³/mol. The van der Waals surface area contributed by atoms with Crippen molar-refractivity contribution in [1.29, 1.82) is 5.26 Å². The first-order valence-corrected chi connectivity index (χ1v) is 8.38. The summed E-state index contributed by atoms with van der Waals surface area (Å²) >= 11 is 6.01. The minimum Gasteiger partial charge on any atom is -0.264 e. The van der Waals surface area contributed by atoms with Gasteiger partial charge in [0.05, 0.1) is 11.1 Å². The quantitative estimate of drug-likeness (QED) is 0.813. The Bertz CT molecular complexity index is 773. The van der Waals surface area contributed by atoms with Crippen LogP contribution in [0.5, 0.6) is 0 Å². The topological polar surface area (TPSA) is 74.1 Å². The van der Waals surface area contributed by atoms with Crippen molar-refractivity contribution in [3.63, 3.8) is 0 Å². The fourth-order valence-electron chi connectivity index (χ4n) is 1.95. The maximum Gasteiger partial charge on any atom is 0.244 e. The van der Waals surface area contributed by atoms with Crippen molar-refractivity contribution in [2.45, 2.75) is 17.9 Å². The van der Waals surface area contributed by atoms with Gasteiger partial charge in [0, 0.05) is 31.9 Å². The highest BCUT2D eigenvalue weighted by Gasteiger charge is 2.26. The molecule has 0 fully saturated rings. The molecular weight excluding hydrogens is 322 g/mol. The minimum absolute atomic E-state index is 0.0403. The molecule has 0 radical (unpaired) electrons. The molecule has 0 aliphatic carbocycles. The SMILES string of the molecule is N#CCCN(Cc1cccnc1)S(=O)(=O)c1ccccc1Cl. The van der Waals surface area contributed by atoms with Crippen LogP contribution in [0.25, 0.3) is 0 Å².